The third-order valence-corrected chi connectivity index (χ3v) is 4.60. The molecule has 1 aromatic heterocycles. The summed E-state index contributed by atoms with van der Waals surface area (Å²) in [6.45, 7) is 13.5. The smallest absolute Gasteiger partial charge is 0.216 e. The summed E-state index contributed by atoms with van der Waals surface area (Å²) < 4.78 is 11.0. The number of oxazole rings is 1. The first kappa shape index (κ1) is 24.2. The Bertz CT molecular complexity index is 571. The summed E-state index contributed by atoms with van der Waals surface area (Å²) >= 11 is 0. The molecule has 2 heterocycles. The zero-order valence-corrected chi connectivity index (χ0v) is 19.7. The fourth-order valence-electron chi connectivity index (χ4n) is 3.06. The molecule has 0 spiro atoms. The van der Waals surface area contributed by atoms with Crippen molar-refractivity contribution in [2.75, 3.05) is 39.9 Å². The van der Waals surface area contributed by atoms with Gasteiger partial charge in [-0.2, -0.15) is 0 Å². The van der Waals surface area contributed by atoms with Crippen LogP contribution in [-0.2, 0) is 16.7 Å². The van der Waals surface area contributed by atoms with Gasteiger partial charge in [0.2, 0.25) is 5.89 Å². The number of rotatable bonds is 8. The van der Waals surface area contributed by atoms with Crippen LogP contribution in [0, 0.1) is 0 Å². The van der Waals surface area contributed by atoms with Crippen LogP contribution in [0.2, 0.25) is 0 Å². The standard InChI is InChI=1S/C19H35N5O2.HI/c1-6-20-18(22-12-15-8-7-9-24(15)10-11-25-5)23-14-17-21-13-16(26-17)19(2,3)4;/h13,15H,6-12,14H2,1-5H3,(H2,20,22,23);1H. The molecule has 0 aromatic carbocycles. The second kappa shape index (κ2) is 11.9. The molecular weight excluding hydrogens is 457 g/mol. The van der Waals surface area contributed by atoms with Crippen molar-refractivity contribution in [3.63, 3.8) is 0 Å². The van der Waals surface area contributed by atoms with Crippen molar-refractivity contribution in [2.24, 2.45) is 4.99 Å². The topological polar surface area (TPSA) is 74.9 Å². The van der Waals surface area contributed by atoms with Crippen molar-refractivity contribution in [1.29, 1.82) is 0 Å². The van der Waals surface area contributed by atoms with E-state index in [1.807, 2.05) is 0 Å². The summed E-state index contributed by atoms with van der Waals surface area (Å²) in [6.07, 6.45) is 4.26. The average molecular weight is 493 g/mol. The van der Waals surface area contributed by atoms with E-state index in [2.05, 4.69) is 53.2 Å². The van der Waals surface area contributed by atoms with Gasteiger partial charge in [-0.25, -0.2) is 9.98 Å². The summed E-state index contributed by atoms with van der Waals surface area (Å²) in [4.78, 5) is 11.5. The van der Waals surface area contributed by atoms with Gasteiger partial charge in [0.05, 0.1) is 12.8 Å². The fourth-order valence-corrected chi connectivity index (χ4v) is 3.06. The lowest BCUT2D eigenvalue weighted by Gasteiger charge is -2.25. The number of guanidine groups is 1. The Morgan fingerprint density at radius 2 is 2.19 bits per heavy atom. The lowest BCUT2D eigenvalue weighted by atomic mass is 9.94. The van der Waals surface area contributed by atoms with Crippen molar-refractivity contribution in [1.82, 2.24) is 20.5 Å². The van der Waals surface area contributed by atoms with Gasteiger partial charge < -0.3 is 19.8 Å². The molecule has 0 radical (unpaired) electrons. The van der Waals surface area contributed by atoms with Gasteiger partial charge in [-0.1, -0.05) is 20.8 Å². The van der Waals surface area contributed by atoms with E-state index in [9.17, 15) is 0 Å². The Morgan fingerprint density at radius 1 is 1.41 bits per heavy atom. The molecule has 1 aliphatic rings. The molecule has 2 N–H and O–H groups in total. The zero-order valence-electron chi connectivity index (χ0n) is 17.4. The van der Waals surface area contributed by atoms with Crippen LogP contribution in [0.25, 0.3) is 0 Å². The van der Waals surface area contributed by atoms with Crippen LogP contribution < -0.4 is 10.6 Å². The summed E-state index contributed by atoms with van der Waals surface area (Å²) in [6, 6.07) is 0.531. The van der Waals surface area contributed by atoms with Crippen LogP contribution in [0.15, 0.2) is 15.6 Å². The molecule has 1 aliphatic heterocycles. The predicted molar refractivity (Wildman–Crippen MR) is 120 cm³/mol. The first-order valence-corrected chi connectivity index (χ1v) is 9.64. The molecule has 1 saturated heterocycles. The van der Waals surface area contributed by atoms with Crippen molar-refractivity contribution in [3.05, 3.63) is 17.8 Å². The van der Waals surface area contributed by atoms with Crippen LogP contribution in [0.1, 0.15) is 52.2 Å². The Kier molecular flexibility index (Phi) is 10.6. The van der Waals surface area contributed by atoms with Crippen molar-refractivity contribution >= 4 is 29.9 Å². The van der Waals surface area contributed by atoms with Gasteiger partial charge in [-0.15, -0.1) is 24.0 Å². The highest BCUT2D eigenvalue weighted by atomic mass is 127. The number of aromatic nitrogens is 1. The lowest BCUT2D eigenvalue weighted by Crippen LogP contribution is -2.45. The predicted octanol–water partition coefficient (Wildman–Crippen LogP) is 2.76. The van der Waals surface area contributed by atoms with Crippen molar-refractivity contribution in [3.8, 4) is 0 Å². The molecule has 0 saturated carbocycles. The van der Waals surface area contributed by atoms with E-state index in [1.54, 1.807) is 13.3 Å². The maximum Gasteiger partial charge on any atom is 0.216 e. The quantitative estimate of drug-likeness (QED) is 0.330. The van der Waals surface area contributed by atoms with Gasteiger partial charge >= 0.3 is 0 Å². The Labute approximate surface area is 180 Å². The van der Waals surface area contributed by atoms with E-state index >= 15 is 0 Å². The maximum atomic E-state index is 5.82. The Hall–Kier alpha value is -0.870. The SMILES string of the molecule is CCNC(=NCc1ncc(C(C)(C)C)o1)NCC1CCCN1CCOC.I. The molecule has 1 atom stereocenters. The van der Waals surface area contributed by atoms with E-state index < -0.39 is 0 Å². The van der Waals surface area contributed by atoms with Gasteiger partial charge in [0.15, 0.2) is 5.96 Å². The molecule has 0 bridgehead atoms. The summed E-state index contributed by atoms with van der Waals surface area (Å²) in [5.41, 5.74) is -0.0359. The third kappa shape index (κ3) is 7.95. The van der Waals surface area contributed by atoms with Crippen LogP contribution in [0.3, 0.4) is 0 Å². The number of methoxy groups -OCH3 is 1. The minimum absolute atomic E-state index is 0. The number of nitrogens with one attached hydrogen (secondary N) is 2. The largest absolute Gasteiger partial charge is 0.443 e. The second-order valence-electron chi connectivity index (χ2n) is 7.77. The highest BCUT2D eigenvalue weighted by Gasteiger charge is 2.24. The zero-order chi connectivity index (χ0) is 19.0. The molecule has 8 heteroatoms. The molecule has 0 amide bonds. The number of hydrogen-bond donors (Lipinski definition) is 2. The molecule has 2 rings (SSSR count). The average Bonchev–Trinajstić information content (AvgIpc) is 3.24. The van der Waals surface area contributed by atoms with Gasteiger partial charge in [0, 0.05) is 38.2 Å². The molecule has 1 unspecified atom stereocenters. The first-order chi connectivity index (χ1) is 12.4. The maximum absolute atomic E-state index is 5.82. The first-order valence-electron chi connectivity index (χ1n) is 9.64. The van der Waals surface area contributed by atoms with Crippen molar-refractivity contribution < 1.29 is 9.15 Å². The van der Waals surface area contributed by atoms with Crippen LogP contribution in [0.5, 0.6) is 0 Å². The van der Waals surface area contributed by atoms with Gasteiger partial charge in [-0.05, 0) is 26.3 Å². The lowest BCUT2D eigenvalue weighted by molar-refractivity contribution is 0.141. The molecule has 156 valence electrons. The molecule has 7 nitrogen and oxygen atoms in total. The van der Waals surface area contributed by atoms with Gasteiger partial charge in [0.25, 0.3) is 0 Å². The number of aliphatic imine (C=N–C) groups is 1. The highest BCUT2D eigenvalue weighted by molar-refractivity contribution is 14.0. The summed E-state index contributed by atoms with van der Waals surface area (Å²) in [5.74, 6) is 2.34. The molecule has 1 fully saturated rings. The number of likely N-dealkylation sites (tertiary alicyclic amines) is 1. The third-order valence-electron chi connectivity index (χ3n) is 4.60. The molecule has 27 heavy (non-hydrogen) atoms. The van der Waals surface area contributed by atoms with Crippen LogP contribution in [-0.4, -0.2) is 61.8 Å². The van der Waals surface area contributed by atoms with E-state index in [0.29, 0.717) is 18.5 Å². The van der Waals surface area contributed by atoms with Crippen LogP contribution in [0.4, 0.5) is 0 Å². The Morgan fingerprint density at radius 3 is 2.81 bits per heavy atom. The normalized spacial score (nSPS) is 18.4. The number of hydrogen-bond acceptors (Lipinski definition) is 5. The number of ether oxygens (including phenoxy) is 1. The fraction of sp³-hybridized carbons (Fsp3) is 0.789. The second-order valence-corrected chi connectivity index (χ2v) is 7.77. The van der Waals surface area contributed by atoms with E-state index in [-0.39, 0.29) is 29.4 Å². The molecule has 0 aliphatic carbocycles. The molecule has 1 aromatic rings. The number of halogens is 1. The highest BCUT2D eigenvalue weighted by Crippen LogP contribution is 2.22. The number of nitrogens with zero attached hydrogens (tertiary/aromatic N) is 3. The summed E-state index contributed by atoms with van der Waals surface area (Å²) in [5, 5.41) is 6.76. The van der Waals surface area contributed by atoms with E-state index in [0.717, 1.165) is 44.5 Å². The Balaban J connectivity index is 0.00000364. The van der Waals surface area contributed by atoms with Crippen molar-refractivity contribution in [2.45, 2.75) is 58.5 Å². The van der Waals surface area contributed by atoms with Gasteiger partial charge in [-0.3, -0.25) is 4.90 Å². The summed E-state index contributed by atoms with van der Waals surface area (Å²) in [7, 11) is 1.76. The van der Waals surface area contributed by atoms with E-state index in [4.69, 9.17) is 9.15 Å². The minimum atomic E-state index is -0.0359. The molecular formula is C19H36IN5O2. The van der Waals surface area contributed by atoms with E-state index in [1.165, 1.54) is 12.8 Å². The minimum Gasteiger partial charge on any atom is -0.443 e. The van der Waals surface area contributed by atoms with Gasteiger partial charge in [0.1, 0.15) is 12.3 Å². The monoisotopic (exact) mass is 493 g/mol. The van der Waals surface area contributed by atoms with Crippen LogP contribution >= 0.6 is 24.0 Å².